The number of aromatic nitrogens is 1. The van der Waals surface area contributed by atoms with E-state index >= 15 is 0 Å². The molecule has 4 rings (SSSR count). The minimum absolute atomic E-state index is 0. The Kier molecular flexibility index (Phi) is 11.1. The van der Waals surface area contributed by atoms with E-state index in [4.69, 9.17) is 4.74 Å². The van der Waals surface area contributed by atoms with Crippen LogP contribution in [0.4, 0.5) is 0 Å². The summed E-state index contributed by atoms with van der Waals surface area (Å²) in [5, 5.41) is 13.1. The molecule has 3 aromatic rings. The van der Waals surface area contributed by atoms with Crippen molar-refractivity contribution in [3.63, 3.8) is 0 Å². The molecular weight excluding hydrogens is 639 g/mol. The van der Waals surface area contributed by atoms with Crippen molar-refractivity contribution in [3.05, 3.63) is 65.8 Å². The number of aliphatic hydroxyl groups excluding tert-OH is 1. The van der Waals surface area contributed by atoms with Crippen LogP contribution in [0, 0.1) is 17.9 Å². The summed E-state index contributed by atoms with van der Waals surface area (Å²) in [6, 6.07) is 11.7. The van der Waals surface area contributed by atoms with E-state index in [1.165, 1.54) is 17.0 Å². The standard InChI is InChI=1S/C19H16NO.C13H24O2.Ir/c1-19(2,3)15-6-4-5-13-14(15)11-16-17-12(8-10-21-16)7-9-20-18(13)17;1-5-10(6-2)12(14)9-13(15)11(7-3)8-4;/h4,6-11H,1-3H3;9-11,14H,5-8H2,1-4H3;/q-1;;/b;12-9-;. The van der Waals surface area contributed by atoms with Crippen LogP contribution >= 0.6 is 0 Å². The molecule has 0 spiro atoms. The molecule has 1 N–H and O–H groups in total. The molecule has 0 saturated heterocycles. The Bertz CT molecular complexity index is 1280. The van der Waals surface area contributed by atoms with Crippen LogP contribution in [0.2, 0.25) is 0 Å². The number of aliphatic hydroxyl groups is 1. The van der Waals surface area contributed by atoms with E-state index in [9.17, 15) is 9.90 Å². The van der Waals surface area contributed by atoms with Crippen molar-refractivity contribution in [1.29, 1.82) is 0 Å². The van der Waals surface area contributed by atoms with Crippen LogP contribution in [0.1, 0.15) is 85.3 Å². The molecule has 37 heavy (non-hydrogen) atoms. The van der Waals surface area contributed by atoms with Gasteiger partial charge in [-0.3, -0.25) is 4.79 Å². The van der Waals surface area contributed by atoms with Gasteiger partial charge in [0.15, 0.2) is 5.78 Å². The number of carbonyl (C=O) groups is 1. The Morgan fingerprint density at radius 2 is 1.73 bits per heavy atom. The summed E-state index contributed by atoms with van der Waals surface area (Å²) in [6.07, 6.45) is 10.5. The van der Waals surface area contributed by atoms with Crippen LogP contribution in [-0.4, -0.2) is 15.9 Å². The van der Waals surface area contributed by atoms with Gasteiger partial charge in [-0.05, 0) is 48.8 Å². The molecule has 2 aromatic carbocycles. The Morgan fingerprint density at radius 1 is 1.08 bits per heavy atom. The van der Waals surface area contributed by atoms with Gasteiger partial charge < -0.3 is 14.8 Å². The summed E-state index contributed by atoms with van der Waals surface area (Å²) in [5.74, 6) is 1.43. The van der Waals surface area contributed by atoms with Gasteiger partial charge in [-0.2, -0.15) is 0 Å². The van der Waals surface area contributed by atoms with E-state index in [0.29, 0.717) is 0 Å². The maximum Gasteiger partial charge on any atom is 0.162 e. The smallest absolute Gasteiger partial charge is 0.162 e. The first-order chi connectivity index (χ1) is 17.2. The molecule has 0 atom stereocenters. The van der Waals surface area contributed by atoms with Gasteiger partial charge in [0, 0.05) is 55.1 Å². The van der Waals surface area contributed by atoms with E-state index in [0.717, 1.165) is 53.3 Å². The van der Waals surface area contributed by atoms with Crippen LogP contribution in [0.25, 0.3) is 27.8 Å². The molecule has 0 unspecified atom stereocenters. The van der Waals surface area contributed by atoms with E-state index in [1.54, 1.807) is 6.26 Å². The van der Waals surface area contributed by atoms with Crippen molar-refractivity contribution in [3.8, 4) is 5.75 Å². The first-order valence-electron chi connectivity index (χ1n) is 13.2. The van der Waals surface area contributed by atoms with Crippen molar-refractivity contribution in [2.45, 2.75) is 79.6 Å². The van der Waals surface area contributed by atoms with Gasteiger partial charge >= 0.3 is 0 Å². The number of benzene rings is 2. The van der Waals surface area contributed by atoms with Gasteiger partial charge in [0.25, 0.3) is 0 Å². The summed E-state index contributed by atoms with van der Waals surface area (Å²) in [5.41, 5.74) is 3.48. The topological polar surface area (TPSA) is 59.4 Å². The summed E-state index contributed by atoms with van der Waals surface area (Å²) >= 11 is 0. The zero-order chi connectivity index (χ0) is 26.5. The third-order valence-corrected chi connectivity index (χ3v) is 7.11. The van der Waals surface area contributed by atoms with Gasteiger partial charge in [-0.25, -0.2) is 0 Å². The Balaban J connectivity index is 0.000000271. The molecule has 4 nitrogen and oxygen atoms in total. The maximum absolute atomic E-state index is 11.7. The first-order valence-corrected chi connectivity index (χ1v) is 13.2. The summed E-state index contributed by atoms with van der Waals surface area (Å²) in [6.45, 7) is 14.7. The number of fused-ring (bicyclic) bond motifs is 2. The SMILES string of the molecule is CC(C)(C)c1cc[c-]c2c1cc1c3c(ccnc32)C=CO1.CCC(CC)C(=O)/C=C(\O)C(CC)CC.[Ir]. The normalized spacial score (nSPS) is 12.8. The predicted molar refractivity (Wildman–Crippen MR) is 150 cm³/mol. The van der Waals surface area contributed by atoms with Gasteiger partial charge in [-0.1, -0.05) is 59.9 Å². The Hall–Kier alpha value is -2.49. The van der Waals surface area contributed by atoms with E-state index in [1.807, 2.05) is 52.1 Å². The number of pyridine rings is 1. The third-order valence-electron chi connectivity index (χ3n) is 7.11. The second-order valence-corrected chi connectivity index (χ2v) is 10.5. The van der Waals surface area contributed by atoms with E-state index in [2.05, 4.69) is 44.0 Å². The van der Waals surface area contributed by atoms with Gasteiger partial charge in [-0.15, -0.1) is 29.1 Å². The fourth-order valence-electron chi connectivity index (χ4n) is 4.83. The summed E-state index contributed by atoms with van der Waals surface area (Å²) < 4.78 is 5.74. The predicted octanol–water partition coefficient (Wildman–Crippen LogP) is 8.72. The number of rotatable bonds is 7. The number of ketones is 1. The van der Waals surface area contributed by atoms with Crippen molar-refractivity contribution in [1.82, 2.24) is 4.98 Å². The first kappa shape index (κ1) is 30.7. The summed E-state index contributed by atoms with van der Waals surface area (Å²) in [7, 11) is 0. The van der Waals surface area contributed by atoms with Gasteiger partial charge in [0.2, 0.25) is 0 Å². The largest absolute Gasteiger partial charge is 0.512 e. The molecular formula is C32H40IrNO3-. The number of hydrogen-bond donors (Lipinski definition) is 1. The monoisotopic (exact) mass is 679 g/mol. The molecule has 0 amide bonds. The number of carbonyl (C=O) groups excluding carboxylic acids is 1. The van der Waals surface area contributed by atoms with Crippen molar-refractivity contribution >= 4 is 33.5 Å². The molecule has 0 fully saturated rings. The molecule has 2 heterocycles. The van der Waals surface area contributed by atoms with Crippen molar-refractivity contribution < 1.29 is 34.7 Å². The van der Waals surface area contributed by atoms with Crippen molar-refractivity contribution in [2.24, 2.45) is 11.8 Å². The van der Waals surface area contributed by atoms with E-state index in [-0.39, 0.29) is 48.9 Å². The molecule has 201 valence electrons. The third kappa shape index (κ3) is 6.89. The Morgan fingerprint density at radius 3 is 2.32 bits per heavy atom. The average Bonchev–Trinajstić information content (AvgIpc) is 2.85. The van der Waals surface area contributed by atoms with Crippen LogP contribution in [-0.2, 0) is 30.3 Å². The molecule has 1 radical (unpaired) electrons. The van der Waals surface area contributed by atoms with Crippen molar-refractivity contribution in [2.75, 3.05) is 0 Å². The fourth-order valence-corrected chi connectivity index (χ4v) is 4.83. The minimum Gasteiger partial charge on any atom is -0.512 e. The quantitative estimate of drug-likeness (QED) is 0.118. The zero-order valence-electron chi connectivity index (χ0n) is 23.1. The zero-order valence-corrected chi connectivity index (χ0v) is 25.5. The molecule has 0 bridgehead atoms. The molecule has 1 aromatic heterocycles. The van der Waals surface area contributed by atoms with Crippen LogP contribution < -0.4 is 4.74 Å². The molecule has 1 aliphatic heterocycles. The number of nitrogens with zero attached hydrogens (tertiary/aromatic N) is 1. The number of allylic oxidation sites excluding steroid dienone is 2. The Labute approximate surface area is 235 Å². The van der Waals surface area contributed by atoms with Crippen LogP contribution in [0.15, 0.2) is 48.6 Å². The second-order valence-electron chi connectivity index (χ2n) is 10.5. The molecule has 0 aliphatic carbocycles. The van der Waals surface area contributed by atoms with Gasteiger partial charge in [0.05, 0.1) is 12.0 Å². The van der Waals surface area contributed by atoms with Crippen LogP contribution in [0.5, 0.6) is 5.75 Å². The van der Waals surface area contributed by atoms with Crippen LogP contribution in [0.3, 0.4) is 0 Å². The average molecular weight is 679 g/mol. The molecule has 0 saturated carbocycles. The number of ether oxygens (including phenoxy) is 1. The summed E-state index contributed by atoms with van der Waals surface area (Å²) in [4.78, 5) is 16.3. The minimum atomic E-state index is 0. The second kappa shape index (κ2) is 13.3. The molecule has 1 aliphatic rings. The van der Waals surface area contributed by atoms with E-state index < -0.39 is 0 Å². The van der Waals surface area contributed by atoms with Gasteiger partial charge in [0.1, 0.15) is 5.75 Å². The maximum atomic E-state index is 11.7. The number of hydrogen-bond acceptors (Lipinski definition) is 4. The fraction of sp³-hybridized carbons (Fsp3) is 0.438. The molecule has 5 heteroatoms.